The second kappa shape index (κ2) is 10.2. The van der Waals surface area contributed by atoms with Gasteiger partial charge in [-0.05, 0) is 31.2 Å². The lowest BCUT2D eigenvalue weighted by atomic mass is 10.3. The van der Waals surface area contributed by atoms with Gasteiger partial charge < -0.3 is 15.4 Å². The first-order chi connectivity index (χ1) is 13.4. The normalized spacial score (nSPS) is 11.5. The molecule has 3 aromatic rings. The summed E-state index contributed by atoms with van der Waals surface area (Å²) in [6, 6.07) is 15.7. The van der Waals surface area contributed by atoms with Crippen LogP contribution in [0.2, 0.25) is 0 Å². The summed E-state index contributed by atoms with van der Waals surface area (Å²) in [6.07, 6.45) is 3.61. The third kappa shape index (κ3) is 5.70. The maximum absolute atomic E-state index is 5.69. The highest BCUT2D eigenvalue weighted by Gasteiger charge is 2.04. The van der Waals surface area contributed by atoms with Crippen molar-refractivity contribution in [1.82, 2.24) is 25.2 Å². The van der Waals surface area contributed by atoms with Crippen molar-refractivity contribution in [3.8, 4) is 5.75 Å². The van der Waals surface area contributed by atoms with Gasteiger partial charge in [-0.25, -0.2) is 0 Å². The van der Waals surface area contributed by atoms with Gasteiger partial charge >= 0.3 is 0 Å². The fraction of sp³-hybridized carbons (Fsp3) is 0.350. The molecular weight excluding hydrogens is 340 g/mol. The Morgan fingerprint density at radius 1 is 1.07 bits per heavy atom. The summed E-state index contributed by atoms with van der Waals surface area (Å²) in [5.74, 6) is 2.64. The molecule has 0 amide bonds. The highest BCUT2D eigenvalue weighted by atomic mass is 16.5. The average molecular weight is 366 g/mol. The van der Waals surface area contributed by atoms with Crippen molar-refractivity contribution in [2.24, 2.45) is 4.99 Å². The Kier molecular flexibility index (Phi) is 7.03. The van der Waals surface area contributed by atoms with Crippen LogP contribution in [0.15, 0.2) is 59.7 Å². The Labute approximate surface area is 159 Å². The molecule has 0 aliphatic heterocycles. The first-order valence-corrected chi connectivity index (χ1v) is 9.35. The number of pyridine rings is 1. The molecule has 2 N–H and O–H groups in total. The molecule has 7 heteroatoms. The summed E-state index contributed by atoms with van der Waals surface area (Å²) in [6.45, 7) is 4.97. The van der Waals surface area contributed by atoms with Gasteiger partial charge in [-0.3, -0.25) is 9.39 Å². The summed E-state index contributed by atoms with van der Waals surface area (Å²) in [5.41, 5.74) is 0.867. The summed E-state index contributed by atoms with van der Waals surface area (Å²) in [4.78, 5) is 4.60. The van der Waals surface area contributed by atoms with Crippen LogP contribution in [0.5, 0.6) is 5.75 Å². The molecule has 0 aliphatic carbocycles. The van der Waals surface area contributed by atoms with Crippen molar-refractivity contribution in [2.45, 2.75) is 19.8 Å². The van der Waals surface area contributed by atoms with Crippen LogP contribution in [0.25, 0.3) is 5.65 Å². The molecule has 0 bridgehead atoms. The van der Waals surface area contributed by atoms with Crippen LogP contribution in [0, 0.1) is 0 Å². The van der Waals surface area contributed by atoms with Gasteiger partial charge in [0.05, 0.1) is 6.61 Å². The molecule has 0 saturated heterocycles. The number of fused-ring (bicyclic) bond motifs is 1. The number of rotatable bonds is 9. The number of nitrogens with one attached hydrogen (secondary N) is 2. The largest absolute Gasteiger partial charge is 0.494 e. The van der Waals surface area contributed by atoms with Crippen LogP contribution in [-0.4, -0.2) is 46.8 Å². The lowest BCUT2D eigenvalue weighted by Crippen LogP contribution is -2.38. The predicted molar refractivity (Wildman–Crippen MR) is 107 cm³/mol. The van der Waals surface area contributed by atoms with E-state index in [0.29, 0.717) is 13.2 Å². The smallest absolute Gasteiger partial charge is 0.191 e. The second-order valence-corrected chi connectivity index (χ2v) is 6.00. The molecular formula is C20H26N6O. The minimum absolute atomic E-state index is 0.651. The molecule has 0 saturated carbocycles. The number of aliphatic imine (C=N–C) groups is 1. The van der Waals surface area contributed by atoms with Gasteiger partial charge in [-0.1, -0.05) is 24.3 Å². The number of aromatic nitrogens is 3. The molecule has 0 radical (unpaired) electrons. The standard InChI is InChI=1S/C20H26N6O/c1-2-21-20(22-13-8-16-27-17-9-4-3-5-10-17)23-14-12-19-25-24-18-11-6-7-15-26(18)19/h3-7,9-11,15H,2,8,12-14,16H2,1H3,(H2,21,22,23). The van der Waals surface area contributed by atoms with E-state index < -0.39 is 0 Å². The van der Waals surface area contributed by atoms with E-state index >= 15 is 0 Å². The zero-order chi connectivity index (χ0) is 18.7. The van der Waals surface area contributed by atoms with Crippen LogP contribution in [-0.2, 0) is 6.42 Å². The molecule has 0 atom stereocenters. The zero-order valence-corrected chi connectivity index (χ0v) is 15.6. The van der Waals surface area contributed by atoms with Crippen molar-refractivity contribution < 1.29 is 4.74 Å². The summed E-state index contributed by atoms with van der Waals surface area (Å²) < 4.78 is 7.70. The van der Waals surface area contributed by atoms with E-state index in [0.717, 1.165) is 49.1 Å². The number of para-hydroxylation sites is 1. The van der Waals surface area contributed by atoms with Gasteiger partial charge in [0.15, 0.2) is 11.6 Å². The van der Waals surface area contributed by atoms with E-state index in [-0.39, 0.29) is 0 Å². The lowest BCUT2D eigenvalue weighted by Gasteiger charge is -2.11. The molecule has 142 valence electrons. The first kappa shape index (κ1) is 18.7. The van der Waals surface area contributed by atoms with Crippen LogP contribution in [0.1, 0.15) is 19.2 Å². The van der Waals surface area contributed by atoms with E-state index in [1.165, 1.54) is 0 Å². The van der Waals surface area contributed by atoms with Gasteiger partial charge in [0.25, 0.3) is 0 Å². The number of nitrogens with zero attached hydrogens (tertiary/aromatic N) is 4. The summed E-state index contributed by atoms with van der Waals surface area (Å²) in [5, 5.41) is 15.0. The predicted octanol–water partition coefficient (Wildman–Crippen LogP) is 2.30. The fourth-order valence-electron chi connectivity index (χ4n) is 2.66. The first-order valence-electron chi connectivity index (χ1n) is 9.35. The molecule has 0 spiro atoms. The summed E-state index contributed by atoms with van der Waals surface area (Å²) in [7, 11) is 0. The minimum Gasteiger partial charge on any atom is -0.494 e. The SMILES string of the molecule is CCNC(=NCCCOc1ccccc1)NCCc1nnc2ccccn12. The average Bonchev–Trinajstić information content (AvgIpc) is 3.12. The van der Waals surface area contributed by atoms with Gasteiger partial charge in [-0.2, -0.15) is 0 Å². The van der Waals surface area contributed by atoms with E-state index in [9.17, 15) is 0 Å². The molecule has 7 nitrogen and oxygen atoms in total. The molecule has 0 unspecified atom stereocenters. The van der Waals surface area contributed by atoms with Gasteiger partial charge in [0, 0.05) is 38.7 Å². The van der Waals surface area contributed by atoms with Gasteiger partial charge in [0.1, 0.15) is 11.6 Å². The van der Waals surface area contributed by atoms with Crippen LogP contribution in [0.4, 0.5) is 0 Å². The van der Waals surface area contributed by atoms with Gasteiger partial charge in [0.2, 0.25) is 0 Å². The van der Waals surface area contributed by atoms with E-state index in [1.54, 1.807) is 0 Å². The highest BCUT2D eigenvalue weighted by molar-refractivity contribution is 5.79. The Hall–Kier alpha value is -3.09. The molecule has 3 rings (SSSR count). The number of benzene rings is 1. The van der Waals surface area contributed by atoms with Crippen LogP contribution < -0.4 is 15.4 Å². The van der Waals surface area contributed by atoms with Crippen molar-refractivity contribution >= 4 is 11.6 Å². The Morgan fingerprint density at radius 3 is 2.78 bits per heavy atom. The highest BCUT2D eigenvalue weighted by Crippen LogP contribution is 2.08. The Morgan fingerprint density at radius 2 is 1.93 bits per heavy atom. The van der Waals surface area contributed by atoms with Crippen molar-refractivity contribution in [2.75, 3.05) is 26.2 Å². The molecule has 27 heavy (non-hydrogen) atoms. The zero-order valence-electron chi connectivity index (χ0n) is 15.6. The summed E-state index contributed by atoms with van der Waals surface area (Å²) >= 11 is 0. The van der Waals surface area contributed by atoms with Crippen LogP contribution in [0.3, 0.4) is 0 Å². The third-order valence-electron chi connectivity index (χ3n) is 3.95. The maximum Gasteiger partial charge on any atom is 0.191 e. The Balaban J connectivity index is 1.42. The lowest BCUT2D eigenvalue weighted by molar-refractivity contribution is 0.313. The van der Waals surface area contributed by atoms with E-state index in [1.807, 2.05) is 59.1 Å². The molecule has 0 fully saturated rings. The molecule has 0 aliphatic rings. The second-order valence-electron chi connectivity index (χ2n) is 6.00. The van der Waals surface area contributed by atoms with Crippen molar-refractivity contribution in [3.05, 3.63) is 60.6 Å². The van der Waals surface area contributed by atoms with Gasteiger partial charge in [-0.15, -0.1) is 10.2 Å². The molecule has 2 aromatic heterocycles. The molecule has 2 heterocycles. The fourth-order valence-corrected chi connectivity index (χ4v) is 2.66. The number of ether oxygens (including phenoxy) is 1. The van der Waals surface area contributed by atoms with Crippen molar-refractivity contribution in [1.29, 1.82) is 0 Å². The van der Waals surface area contributed by atoms with Crippen LogP contribution >= 0.6 is 0 Å². The topological polar surface area (TPSA) is 75.8 Å². The number of hydrogen-bond donors (Lipinski definition) is 2. The maximum atomic E-state index is 5.69. The quantitative estimate of drug-likeness (QED) is 0.345. The van der Waals surface area contributed by atoms with E-state index in [4.69, 9.17) is 4.74 Å². The third-order valence-corrected chi connectivity index (χ3v) is 3.95. The monoisotopic (exact) mass is 366 g/mol. The number of guanidine groups is 1. The molecule has 1 aromatic carbocycles. The van der Waals surface area contributed by atoms with Crippen molar-refractivity contribution in [3.63, 3.8) is 0 Å². The minimum atomic E-state index is 0.651. The van der Waals surface area contributed by atoms with E-state index in [2.05, 4.69) is 32.7 Å². The number of hydrogen-bond acceptors (Lipinski definition) is 4. The Bertz CT molecular complexity index is 846.